The van der Waals surface area contributed by atoms with E-state index in [1.807, 2.05) is 41.3 Å². The van der Waals surface area contributed by atoms with Crippen LogP contribution in [0.4, 0.5) is 0 Å². The molecule has 2 aliphatic heterocycles. The van der Waals surface area contributed by atoms with E-state index in [-0.39, 0.29) is 0 Å². The minimum Gasteiger partial charge on any atom is -0.496 e. The third kappa shape index (κ3) is 4.40. The molecule has 0 bridgehead atoms. The number of benzene rings is 2. The second-order valence-electron chi connectivity index (χ2n) is 7.75. The molecule has 1 unspecified atom stereocenters. The number of amidine groups is 2. The maximum Gasteiger partial charge on any atom is 0.248 e. The van der Waals surface area contributed by atoms with Crippen molar-refractivity contribution in [1.29, 1.82) is 0 Å². The Kier molecular flexibility index (Phi) is 6.44. The predicted molar refractivity (Wildman–Crippen MR) is 127 cm³/mol. The average Bonchev–Trinajstić information content (AvgIpc) is 3.15. The van der Waals surface area contributed by atoms with Crippen LogP contribution in [0, 0.1) is 0 Å². The van der Waals surface area contributed by atoms with Crippen molar-refractivity contribution in [1.82, 2.24) is 9.80 Å². The van der Waals surface area contributed by atoms with Crippen LogP contribution in [0.25, 0.3) is 10.8 Å². The zero-order valence-corrected chi connectivity index (χ0v) is 19.4. The molecule has 1 fully saturated rings. The molecule has 0 radical (unpaired) electrons. The summed E-state index contributed by atoms with van der Waals surface area (Å²) in [7, 11) is 3.83. The first kappa shape index (κ1) is 21.7. The van der Waals surface area contributed by atoms with E-state index in [9.17, 15) is 0 Å². The van der Waals surface area contributed by atoms with Crippen LogP contribution >= 0.6 is 34.8 Å². The Bertz CT molecular complexity index is 986. The molecule has 2 heterocycles. The van der Waals surface area contributed by atoms with Crippen molar-refractivity contribution in [3.8, 4) is 5.75 Å². The van der Waals surface area contributed by atoms with Crippen LogP contribution in [0.2, 0.25) is 0 Å². The van der Waals surface area contributed by atoms with Crippen LogP contribution < -0.4 is 4.74 Å². The van der Waals surface area contributed by atoms with E-state index >= 15 is 0 Å². The zero-order valence-electron chi connectivity index (χ0n) is 17.1. The molecule has 2 aromatic carbocycles. The molecule has 2 aliphatic rings. The Labute approximate surface area is 192 Å². The first-order chi connectivity index (χ1) is 14.4. The first-order valence-corrected chi connectivity index (χ1v) is 11.2. The van der Waals surface area contributed by atoms with Crippen LogP contribution in [0.1, 0.15) is 24.8 Å². The minimum atomic E-state index is -1.62. The number of hydrogen-bond donors (Lipinski definition) is 0. The van der Waals surface area contributed by atoms with Crippen LogP contribution in [-0.4, -0.2) is 65.2 Å². The second-order valence-corrected chi connectivity index (χ2v) is 10.0. The Morgan fingerprint density at radius 3 is 2.57 bits per heavy atom. The quantitative estimate of drug-likeness (QED) is 0.573. The smallest absolute Gasteiger partial charge is 0.248 e. The number of likely N-dealkylation sites (tertiary alicyclic amines) is 1. The topological polar surface area (TPSA) is 40.4 Å². The SMILES string of the molecule is COc1ccc(C2=NCN(CCC3CCCN3C)C(C(Cl)(Cl)Cl)=N2)c2ccccc12. The van der Waals surface area contributed by atoms with Crippen LogP contribution in [-0.2, 0) is 0 Å². The van der Waals surface area contributed by atoms with Crippen LogP contribution in [0.5, 0.6) is 5.75 Å². The van der Waals surface area contributed by atoms with Gasteiger partial charge in [0.05, 0.1) is 7.11 Å². The fourth-order valence-electron chi connectivity index (χ4n) is 4.28. The number of ether oxygens (including phenoxy) is 1. The summed E-state index contributed by atoms with van der Waals surface area (Å²) in [4.78, 5) is 13.8. The van der Waals surface area contributed by atoms with Gasteiger partial charge < -0.3 is 14.5 Å². The number of nitrogens with zero attached hydrogens (tertiary/aromatic N) is 4. The number of aliphatic imine (C=N–C) groups is 2. The average molecular weight is 468 g/mol. The van der Waals surface area contributed by atoms with Gasteiger partial charge in [-0.3, -0.25) is 0 Å². The Hall–Kier alpha value is -1.53. The molecule has 2 aromatic rings. The molecule has 5 nitrogen and oxygen atoms in total. The number of rotatable bonds is 5. The summed E-state index contributed by atoms with van der Waals surface area (Å²) in [6, 6.07) is 12.5. The van der Waals surface area contributed by atoms with Crippen molar-refractivity contribution in [3.63, 3.8) is 0 Å². The molecule has 0 saturated carbocycles. The van der Waals surface area contributed by atoms with Gasteiger partial charge >= 0.3 is 0 Å². The molecule has 0 spiro atoms. The molecule has 4 rings (SSSR count). The van der Waals surface area contributed by atoms with Crippen LogP contribution in [0.15, 0.2) is 46.4 Å². The van der Waals surface area contributed by atoms with Gasteiger partial charge in [-0.05, 0) is 50.4 Å². The van der Waals surface area contributed by atoms with Gasteiger partial charge in [0.15, 0.2) is 11.7 Å². The van der Waals surface area contributed by atoms with Gasteiger partial charge in [0.2, 0.25) is 3.79 Å². The molecule has 8 heteroatoms. The Morgan fingerprint density at radius 2 is 1.90 bits per heavy atom. The van der Waals surface area contributed by atoms with Crippen molar-refractivity contribution < 1.29 is 4.74 Å². The molecule has 0 aliphatic carbocycles. The number of alkyl halides is 3. The monoisotopic (exact) mass is 466 g/mol. The number of halogens is 3. The molecule has 160 valence electrons. The van der Waals surface area contributed by atoms with Gasteiger partial charge in [-0.2, -0.15) is 0 Å². The van der Waals surface area contributed by atoms with E-state index in [4.69, 9.17) is 49.5 Å². The number of hydrogen-bond acceptors (Lipinski definition) is 5. The van der Waals surface area contributed by atoms with E-state index in [0.717, 1.165) is 41.6 Å². The largest absolute Gasteiger partial charge is 0.496 e. The Balaban J connectivity index is 1.64. The Morgan fingerprint density at radius 1 is 1.13 bits per heavy atom. The molecular weight excluding hydrogens is 443 g/mol. The van der Waals surface area contributed by atoms with Crippen molar-refractivity contribution in [3.05, 3.63) is 42.0 Å². The van der Waals surface area contributed by atoms with E-state index in [0.29, 0.717) is 24.4 Å². The summed E-state index contributed by atoms with van der Waals surface area (Å²) >= 11 is 19.0. The standard InChI is InChI=1S/C22H25Cl3N4O/c1-28-12-5-6-15(28)11-13-29-14-26-20(27-21(29)22(23,24)25)18-9-10-19(30-2)17-8-4-3-7-16(17)18/h3-4,7-10,15H,5-6,11-14H2,1-2H3. The fourth-order valence-corrected chi connectivity index (χ4v) is 4.77. The van der Waals surface area contributed by atoms with Gasteiger partial charge in [-0.15, -0.1) is 0 Å². The van der Waals surface area contributed by atoms with Gasteiger partial charge in [-0.25, -0.2) is 9.98 Å². The fraction of sp³-hybridized carbons (Fsp3) is 0.455. The predicted octanol–water partition coefficient (Wildman–Crippen LogP) is 5.12. The molecular formula is C22H25Cl3N4O. The van der Waals surface area contributed by atoms with Crippen molar-refractivity contribution >= 4 is 57.2 Å². The van der Waals surface area contributed by atoms with Gasteiger partial charge in [0.1, 0.15) is 12.4 Å². The third-order valence-electron chi connectivity index (χ3n) is 5.90. The van der Waals surface area contributed by atoms with Gasteiger partial charge in [-0.1, -0.05) is 59.1 Å². The molecule has 1 atom stereocenters. The van der Waals surface area contributed by atoms with Gasteiger partial charge in [0.25, 0.3) is 0 Å². The lowest BCUT2D eigenvalue weighted by Crippen LogP contribution is -2.44. The van der Waals surface area contributed by atoms with E-state index < -0.39 is 3.79 Å². The second kappa shape index (κ2) is 8.91. The minimum absolute atomic E-state index is 0.416. The molecule has 0 N–H and O–H groups in total. The zero-order chi connectivity index (χ0) is 21.3. The maximum atomic E-state index is 6.32. The highest BCUT2D eigenvalue weighted by Crippen LogP contribution is 2.34. The summed E-state index contributed by atoms with van der Waals surface area (Å²) in [5.74, 6) is 1.81. The molecule has 0 aromatic heterocycles. The van der Waals surface area contributed by atoms with E-state index in [1.165, 1.54) is 12.8 Å². The summed E-state index contributed by atoms with van der Waals surface area (Å²) in [5.41, 5.74) is 0.897. The van der Waals surface area contributed by atoms with Crippen LogP contribution in [0.3, 0.4) is 0 Å². The molecule has 1 saturated heterocycles. The summed E-state index contributed by atoms with van der Waals surface area (Å²) in [6.45, 7) is 2.31. The number of methoxy groups -OCH3 is 1. The van der Waals surface area contributed by atoms with E-state index in [1.54, 1.807) is 7.11 Å². The van der Waals surface area contributed by atoms with Crippen molar-refractivity contribution in [2.45, 2.75) is 29.1 Å². The molecule has 0 amide bonds. The van der Waals surface area contributed by atoms with Crippen molar-refractivity contribution in [2.75, 3.05) is 33.9 Å². The highest BCUT2D eigenvalue weighted by atomic mass is 35.6. The third-order valence-corrected chi connectivity index (χ3v) is 6.41. The summed E-state index contributed by atoms with van der Waals surface area (Å²) in [5, 5.41) is 2.00. The number of fused-ring (bicyclic) bond motifs is 1. The lowest BCUT2D eigenvalue weighted by Gasteiger charge is -2.33. The lowest BCUT2D eigenvalue weighted by molar-refractivity contribution is 0.271. The first-order valence-electron chi connectivity index (χ1n) is 10.1. The normalized spacial score (nSPS) is 20.4. The van der Waals surface area contributed by atoms with E-state index in [2.05, 4.69) is 11.9 Å². The van der Waals surface area contributed by atoms with Gasteiger partial charge in [0, 0.05) is 23.5 Å². The van der Waals surface area contributed by atoms with Crippen molar-refractivity contribution in [2.24, 2.45) is 9.98 Å². The maximum absolute atomic E-state index is 6.32. The summed E-state index contributed by atoms with van der Waals surface area (Å²) in [6.07, 6.45) is 3.43. The highest BCUT2D eigenvalue weighted by molar-refractivity contribution is 6.76. The summed E-state index contributed by atoms with van der Waals surface area (Å²) < 4.78 is 3.88. The highest BCUT2D eigenvalue weighted by Gasteiger charge is 2.36. The molecule has 30 heavy (non-hydrogen) atoms. The lowest BCUT2D eigenvalue weighted by atomic mass is 10.0.